The maximum Gasteiger partial charge on any atom is 2.00 e. The molecule has 2 aliphatic rings. The van der Waals surface area contributed by atoms with E-state index in [2.05, 4.69) is 65.2 Å². The molecule has 0 spiro atoms. The standard InChI is InChI=1S/C31H24N2O.Pt/c1-33-28-10-5-9-23(26(28)18-29(33)25-8-2-3-11-30(25)34)19-6-4-7-21(16-19)27-15-14-24-20-12-13-22(17-20)31(24)32-27;/h2-11,14-15,20,22,34H,12-13,17H2,1H3;/q-2;+2. The number of fused-ring (bicyclic) bond motifs is 6. The molecule has 4 heteroatoms. The summed E-state index contributed by atoms with van der Waals surface area (Å²) in [6.07, 6.45) is 3.88. The van der Waals surface area contributed by atoms with Gasteiger partial charge in [0, 0.05) is 24.4 Å². The van der Waals surface area contributed by atoms with E-state index in [0.29, 0.717) is 5.92 Å². The number of aromatic nitrogens is 2. The average Bonchev–Trinajstić information content (AvgIpc) is 3.59. The minimum atomic E-state index is 0. The molecule has 2 atom stereocenters. The van der Waals surface area contributed by atoms with Crippen molar-refractivity contribution >= 4 is 10.9 Å². The summed E-state index contributed by atoms with van der Waals surface area (Å²) in [6.45, 7) is 0. The second-order valence-electron chi connectivity index (χ2n) is 9.61. The minimum Gasteiger partial charge on any atom is -0.517 e. The third kappa shape index (κ3) is 3.48. The molecule has 174 valence electrons. The zero-order chi connectivity index (χ0) is 22.8. The van der Waals surface area contributed by atoms with Crippen LogP contribution < -0.4 is 0 Å². The number of aryl methyl sites for hydroxylation is 1. The molecule has 3 aromatic carbocycles. The van der Waals surface area contributed by atoms with Crippen LogP contribution in [0.3, 0.4) is 0 Å². The van der Waals surface area contributed by atoms with Crippen molar-refractivity contribution < 1.29 is 26.2 Å². The first kappa shape index (κ1) is 22.3. The monoisotopic (exact) mass is 635 g/mol. The van der Waals surface area contributed by atoms with Gasteiger partial charge in [0.2, 0.25) is 0 Å². The van der Waals surface area contributed by atoms with Crippen molar-refractivity contribution in [1.82, 2.24) is 9.55 Å². The molecule has 1 N–H and O–H groups in total. The van der Waals surface area contributed by atoms with E-state index in [0.717, 1.165) is 50.5 Å². The number of rotatable bonds is 3. The molecule has 3 nitrogen and oxygen atoms in total. The second kappa shape index (κ2) is 8.50. The van der Waals surface area contributed by atoms with Crippen LogP contribution in [0.15, 0.2) is 72.8 Å². The molecule has 2 aliphatic carbocycles. The minimum absolute atomic E-state index is 0. The summed E-state index contributed by atoms with van der Waals surface area (Å²) in [5.41, 5.74) is 9.64. The van der Waals surface area contributed by atoms with Crippen LogP contribution in [0.2, 0.25) is 0 Å². The molecular weight excluding hydrogens is 611 g/mol. The van der Waals surface area contributed by atoms with Crippen LogP contribution >= 0.6 is 0 Å². The summed E-state index contributed by atoms with van der Waals surface area (Å²) in [4.78, 5) is 5.10. The zero-order valence-electron chi connectivity index (χ0n) is 19.4. The Morgan fingerprint density at radius 2 is 1.60 bits per heavy atom. The third-order valence-corrected chi connectivity index (χ3v) is 7.72. The summed E-state index contributed by atoms with van der Waals surface area (Å²) in [5, 5.41) is 11.4. The van der Waals surface area contributed by atoms with Crippen molar-refractivity contribution in [3.05, 3.63) is 96.2 Å². The van der Waals surface area contributed by atoms with Gasteiger partial charge in [0.25, 0.3) is 0 Å². The van der Waals surface area contributed by atoms with Crippen LogP contribution in [0.25, 0.3) is 44.5 Å². The van der Waals surface area contributed by atoms with Crippen molar-refractivity contribution in [3.8, 4) is 39.4 Å². The van der Waals surface area contributed by atoms with Crippen molar-refractivity contribution in [2.45, 2.75) is 31.1 Å². The fourth-order valence-electron chi connectivity index (χ4n) is 6.02. The van der Waals surface area contributed by atoms with Gasteiger partial charge in [-0.05, 0) is 53.6 Å². The third-order valence-electron chi connectivity index (χ3n) is 7.72. The summed E-state index contributed by atoms with van der Waals surface area (Å²) >= 11 is 0. The number of benzene rings is 3. The predicted molar refractivity (Wildman–Crippen MR) is 136 cm³/mol. The van der Waals surface area contributed by atoms with Crippen LogP contribution in [0, 0.1) is 12.1 Å². The largest absolute Gasteiger partial charge is 2.00 e. The Labute approximate surface area is 219 Å². The maximum absolute atomic E-state index is 10.4. The van der Waals surface area contributed by atoms with Crippen LogP contribution in [0.4, 0.5) is 0 Å². The molecule has 2 heterocycles. The molecule has 2 unspecified atom stereocenters. The van der Waals surface area contributed by atoms with Crippen molar-refractivity contribution in [1.29, 1.82) is 0 Å². The van der Waals surface area contributed by atoms with Crippen LogP contribution in [0.1, 0.15) is 42.4 Å². The van der Waals surface area contributed by atoms with E-state index in [1.54, 1.807) is 6.07 Å². The van der Waals surface area contributed by atoms with Crippen molar-refractivity contribution in [2.75, 3.05) is 0 Å². The molecule has 0 amide bonds. The fraction of sp³-hybridized carbons (Fsp3) is 0.194. The molecule has 0 saturated heterocycles. The van der Waals surface area contributed by atoms with E-state index in [1.807, 2.05) is 25.2 Å². The number of phenolic OH excluding ortho intramolecular Hbond substituents is 1. The van der Waals surface area contributed by atoms with Gasteiger partial charge in [0.05, 0.1) is 5.75 Å². The van der Waals surface area contributed by atoms with E-state index in [-0.39, 0.29) is 26.8 Å². The molecule has 2 bridgehead atoms. The molecule has 7 rings (SSSR count). The Morgan fingerprint density at radius 3 is 2.49 bits per heavy atom. The van der Waals surface area contributed by atoms with E-state index >= 15 is 0 Å². The second-order valence-corrected chi connectivity index (χ2v) is 9.61. The van der Waals surface area contributed by atoms with E-state index in [9.17, 15) is 5.11 Å². The topological polar surface area (TPSA) is 38.0 Å². The first-order valence-corrected chi connectivity index (χ1v) is 12.0. The first-order valence-electron chi connectivity index (χ1n) is 12.0. The number of para-hydroxylation sites is 1. The average molecular weight is 636 g/mol. The van der Waals surface area contributed by atoms with Crippen LogP contribution in [0.5, 0.6) is 5.75 Å². The van der Waals surface area contributed by atoms with Gasteiger partial charge in [0.15, 0.2) is 0 Å². The Bertz CT molecular complexity index is 1580. The first-order chi connectivity index (χ1) is 16.7. The summed E-state index contributed by atoms with van der Waals surface area (Å²) in [6, 6.07) is 31.7. The molecule has 1 fully saturated rings. The van der Waals surface area contributed by atoms with Gasteiger partial charge in [-0.1, -0.05) is 59.7 Å². The normalized spacial score (nSPS) is 18.0. The Kier molecular flexibility index (Phi) is 5.42. The molecule has 5 aromatic rings. The predicted octanol–water partition coefficient (Wildman–Crippen LogP) is 7.24. The summed E-state index contributed by atoms with van der Waals surface area (Å²) < 4.78 is 2.09. The number of pyridine rings is 1. The molecule has 0 radical (unpaired) electrons. The van der Waals surface area contributed by atoms with Crippen molar-refractivity contribution in [2.24, 2.45) is 7.05 Å². The van der Waals surface area contributed by atoms with Gasteiger partial charge >= 0.3 is 21.1 Å². The Balaban J connectivity index is 0.00000229. The fourth-order valence-corrected chi connectivity index (χ4v) is 6.02. The zero-order valence-corrected chi connectivity index (χ0v) is 21.6. The van der Waals surface area contributed by atoms with E-state index < -0.39 is 0 Å². The molecular formula is C31H24N2OPt. The maximum atomic E-state index is 10.4. The summed E-state index contributed by atoms with van der Waals surface area (Å²) in [7, 11) is 2.02. The number of nitrogens with zero attached hydrogens (tertiary/aromatic N) is 2. The SMILES string of the molecule is Cn1c(-c2ccccc2O)[c-]c2c(-c3[c-]c(-c4ccc5c(n4)C4CCC5C4)ccc3)cccc21.[Pt+2]. The Hall–Kier alpha value is -3.16. The van der Waals surface area contributed by atoms with Crippen molar-refractivity contribution in [3.63, 3.8) is 0 Å². The van der Waals surface area contributed by atoms with Gasteiger partial charge in [-0.2, -0.15) is 0 Å². The number of hydrogen-bond donors (Lipinski definition) is 1. The molecule has 0 aliphatic heterocycles. The smallest absolute Gasteiger partial charge is 0.517 e. The van der Waals surface area contributed by atoms with E-state index in [1.165, 1.54) is 30.5 Å². The van der Waals surface area contributed by atoms with Gasteiger partial charge in [-0.25, -0.2) is 0 Å². The number of hydrogen-bond acceptors (Lipinski definition) is 2. The van der Waals surface area contributed by atoms with Crippen LogP contribution in [-0.2, 0) is 28.1 Å². The Morgan fingerprint density at radius 1 is 0.829 bits per heavy atom. The summed E-state index contributed by atoms with van der Waals surface area (Å²) in [5.74, 6) is 1.63. The molecule has 35 heavy (non-hydrogen) atoms. The number of phenols is 1. The molecule has 2 aromatic heterocycles. The van der Waals surface area contributed by atoms with Gasteiger partial charge in [-0.15, -0.1) is 41.3 Å². The van der Waals surface area contributed by atoms with E-state index in [4.69, 9.17) is 4.98 Å². The van der Waals surface area contributed by atoms with Gasteiger partial charge in [-0.3, -0.25) is 4.98 Å². The quantitative estimate of drug-likeness (QED) is 0.212. The van der Waals surface area contributed by atoms with Crippen LogP contribution in [-0.4, -0.2) is 14.7 Å². The van der Waals surface area contributed by atoms with Gasteiger partial charge in [0.1, 0.15) is 0 Å². The molecule has 1 saturated carbocycles. The number of aromatic hydroxyl groups is 1. The van der Waals surface area contributed by atoms with Gasteiger partial charge < -0.3 is 9.67 Å².